The van der Waals surface area contributed by atoms with E-state index in [-0.39, 0.29) is 11.6 Å². The maximum absolute atomic E-state index is 12.1. The normalized spacial score (nSPS) is 10.3. The Morgan fingerprint density at radius 2 is 1.78 bits per heavy atom. The molecule has 1 N–H and O–H groups in total. The Hall–Kier alpha value is -3.62. The fourth-order valence-electron chi connectivity index (χ4n) is 1.91. The molecule has 9 nitrogen and oxygen atoms in total. The Balaban J connectivity index is 1.71. The molecule has 0 aliphatic heterocycles. The zero-order chi connectivity index (χ0) is 16.2. The number of hydrogen-bond acceptors (Lipinski definition) is 6. The van der Waals surface area contributed by atoms with Gasteiger partial charge in [0.05, 0.1) is 10.6 Å². The van der Waals surface area contributed by atoms with Crippen molar-refractivity contribution in [3.8, 4) is 5.69 Å². The zero-order valence-corrected chi connectivity index (χ0v) is 11.7. The molecular weight excluding hydrogens is 300 g/mol. The molecule has 0 aliphatic carbocycles. The second-order valence-corrected chi connectivity index (χ2v) is 4.56. The first-order valence-electron chi connectivity index (χ1n) is 6.53. The SMILES string of the molecule is O=C(Nc1ccc([N+](=O)[O-])cc1)c1ccc(-n2cnnn2)cc1. The lowest BCUT2D eigenvalue weighted by molar-refractivity contribution is -0.384. The van der Waals surface area contributed by atoms with Crippen LogP contribution < -0.4 is 5.32 Å². The monoisotopic (exact) mass is 310 g/mol. The van der Waals surface area contributed by atoms with Crippen molar-refractivity contribution in [2.24, 2.45) is 0 Å². The zero-order valence-electron chi connectivity index (χ0n) is 11.7. The molecule has 9 heteroatoms. The summed E-state index contributed by atoms with van der Waals surface area (Å²) in [6.07, 6.45) is 1.45. The molecule has 0 atom stereocenters. The summed E-state index contributed by atoms with van der Waals surface area (Å²) in [5.41, 5.74) is 1.61. The fraction of sp³-hybridized carbons (Fsp3) is 0. The van der Waals surface area contributed by atoms with Crippen LogP contribution in [0.2, 0.25) is 0 Å². The smallest absolute Gasteiger partial charge is 0.269 e. The maximum atomic E-state index is 12.1. The van der Waals surface area contributed by atoms with Crippen molar-refractivity contribution in [1.29, 1.82) is 0 Å². The van der Waals surface area contributed by atoms with Gasteiger partial charge in [-0.3, -0.25) is 14.9 Å². The summed E-state index contributed by atoms with van der Waals surface area (Å²) in [6.45, 7) is 0. The topological polar surface area (TPSA) is 116 Å². The second kappa shape index (κ2) is 6.02. The Kier molecular flexibility index (Phi) is 3.75. The van der Waals surface area contributed by atoms with Crippen molar-refractivity contribution in [1.82, 2.24) is 20.2 Å². The highest BCUT2D eigenvalue weighted by molar-refractivity contribution is 6.04. The predicted octanol–water partition coefficient (Wildman–Crippen LogP) is 1.82. The van der Waals surface area contributed by atoms with Gasteiger partial charge in [-0.05, 0) is 46.8 Å². The van der Waals surface area contributed by atoms with Gasteiger partial charge in [0.25, 0.3) is 11.6 Å². The summed E-state index contributed by atoms with van der Waals surface area (Å²) < 4.78 is 1.47. The minimum Gasteiger partial charge on any atom is -0.322 e. The van der Waals surface area contributed by atoms with Crippen LogP contribution in [0.4, 0.5) is 11.4 Å². The molecule has 0 unspecified atom stereocenters. The molecule has 0 bridgehead atoms. The summed E-state index contributed by atoms with van der Waals surface area (Å²) in [4.78, 5) is 22.2. The molecular formula is C14H10N6O3. The first-order chi connectivity index (χ1) is 11.1. The van der Waals surface area contributed by atoms with E-state index in [4.69, 9.17) is 0 Å². The van der Waals surface area contributed by atoms with Crippen molar-refractivity contribution in [3.05, 3.63) is 70.5 Å². The molecule has 3 aromatic rings. The van der Waals surface area contributed by atoms with Crippen LogP contribution in [0, 0.1) is 10.1 Å². The molecule has 1 aromatic heterocycles. The highest BCUT2D eigenvalue weighted by Gasteiger charge is 2.09. The van der Waals surface area contributed by atoms with Crippen molar-refractivity contribution in [3.63, 3.8) is 0 Å². The highest BCUT2D eigenvalue weighted by Crippen LogP contribution is 2.16. The quantitative estimate of drug-likeness (QED) is 0.580. The number of nitrogens with zero attached hydrogens (tertiary/aromatic N) is 5. The average Bonchev–Trinajstić information content (AvgIpc) is 3.10. The number of nitro groups is 1. The largest absolute Gasteiger partial charge is 0.322 e. The van der Waals surface area contributed by atoms with E-state index in [0.29, 0.717) is 11.3 Å². The Morgan fingerprint density at radius 3 is 2.35 bits per heavy atom. The van der Waals surface area contributed by atoms with E-state index < -0.39 is 4.92 Å². The van der Waals surface area contributed by atoms with Gasteiger partial charge in [-0.2, -0.15) is 0 Å². The number of benzene rings is 2. The minimum atomic E-state index is -0.497. The van der Waals surface area contributed by atoms with Crippen LogP contribution in [0.15, 0.2) is 54.9 Å². The van der Waals surface area contributed by atoms with Gasteiger partial charge < -0.3 is 5.32 Å². The lowest BCUT2D eigenvalue weighted by atomic mass is 10.2. The summed E-state index contributed by atoms with van der Waals surface area (Å²) in [7, 11) is 0. The van der Waals surface area contributed by atoms with Crippen LogP contribution in [0.1, 0.15) is 10.4 Å². The van der Waals surface area contributed by atoms with Gasteiger partial charge in [0, 0.05) is 23.4 Å². The second-order valence-electron chi connectivity index (χ2n) is 4.56. The summed E-state index contributed by atoms with van der Waals surface area (Å²) in [5, 5.41) is 24.1. The minimum absolute atomic E-state index is 0.0335. The van der Waals surface area contributed by atoms with Crippen molar-refractivity contribution in [2.45, 2.75) is 0 Å². The van der Waals surface area contributed by atoms with Gasteiger partial charge >= 0.3 is 0 Å². The number of non-ortho nitro benzene ring substituents is 1. The molecule has 23 heavy (non-hydrogen) atoms. The van der Waals surface area contributed by atoms with Gasteiger partial charge in [0.15, 0.2) is 0 Å². The van der Waals surface area contributed by atoms with Gasteiger partial charge in [0.2, 0.25) is 0 Å². The van der Waals surface area contributed by atoms with Crippen molar-refractivity contribution >= 4 is 17.3 Å². The summed E-state index contributed by atoms with van der Waals surface area (Å²) >= 11 is 0. The molecule has 114 valence electrons. The number of nitro benzene ring substituents is 1. The number of nitrogens with one attached hydrogen (secondary N) is 1. The number of carbonyl (C=O) groups is 1. The van der Waals surface area contributed by atoms with Gasteiger partial charge in [-0.25, -0.2) is 4.68 Å². The molecule has 0 radical (unpaired) electrons. The lowest BCUT2D eigenvalue weighted by Gasteiger charge is -2.06. The van der Waals surface area contributed by atoms with E-state index in [9.17, 15) is 14.9 Å². The van der Waals surface area contributed by atoms with E-state index in [1.807, 2.05) is 0 Å². The molecule has 2 aromatic carbocycles. The highest BCUT2D eigenvalue weighted by atomic mass is 16.6. The average molecular weight is 310 g/mol. The molecule has 0 aliphatic rings. The van der Waals surface area contributed by atoms with Gasteiger partial charge in [-0.1, -0.05) is 0 Å². The number of aromatic nitrogens is 4. The van der Waals surface area contributed by atoms with Crippen LogP contribution in [-0.4, -0.2) is 31.0 Å². The maximum Gasteiger partial charge on any atom is 0.269 e. The van der Waals surface area contributed by atoms with E-state index in [1.54, 1.807) is 24.3 Å². The Bertz CT molecular complexity index is 828. The van der Waals surface area contributed by atoms with Crippen molar-refractivity contribution < 1.29 is 9.72 Å². The van der Waals surface area contributed by atoms with E-state index in [1.165, 1.54) is 35.3 Å². The van der Waals surface area contributed by atoms with Gasteiger partial charge in [-0.15, -0.1) is 5.10 Å². The van der Waals surface area contributed by atoms with E-state index in [2.05, 4.69) is 20.8 Å². The van der Waals surface area contributed by atoms with Crippen LogP contribution in [0.5, 0.6) is 0 Å². The van der Waals surface area contributed by atoms with E-state index >= 15 is 0 Å². The lowest BCUT2D eigenvalue weighted by Crippen LogP contribution is -2.12. The third-order valence-corrected chi connectivity index (χ3v) is 3.08. The van der Waals surface area contributed by atoms with E-state index in [0.717, 1.165) is 5.69 Å². The predicted molar refractivity (Wildman–Crippen MR) is 80.2 cm³/mol. The van der Waals surface area contributed by atoms with Crippen LogP contribution in [0.3, 0.4) is 0 Å². The fourth-order valence-corrected chi connectivity index (χ4v) is 1.91. The standard InChI is InChI=1S/C14H10N6O3/c21-14(16-11-3-7-13(8-4-11)20(22)23)10-1-5-12(6-2-10)19-9-15-17-18-19/h1-9H,(H,16,21). The molecule has 0 saturated heterocycles. The summed E-state index contributed by atoms with van der Waals surface area (Å²) in [6, 6.07) is 12.3. The number of rotatable bonds is 4. The Labute approximate surface area is 129 Å². The number of carbonyl (C=O) groups excluding carboxylic acids is 1. The summed E-state index contributed by atoms with van der Waals surface area (Å²) in [5.74, 6) is -0.317. The molecule has 1 amide bonds. The molecule has 0 fully saturated rings. The van der Waals surface area contributed by atoms with Gasteiger partial charge in [0.1, 0.15) is 6.33 Å². The molecule has 0 spiro atoms. The van der Waals surface area contributed by atoms with Crippen molar-refractivity contribution in [2.75, 3.05) is 5.32 Å². The molecule has 1 heterocycles. The molecule has 0 saturated carbocycles. The number of tetrazole rings is 1. The number of amides is 1. The first-order valence-corrected chi connectivity index (χ1v) is 6.53. The number of anilines is 1. The molecule has 3 rings (SSSR count). The number of hydrogen-bond donors (Lipinski definition) is 1. The third-order valence-electron chi connectivity index (χ3n) is 3.08. The van der Waals surface area contributed by atoms with Crippen LogP contribution >= 0.6 is 0 Å². The van der Waals surface area contributed by atoms with Crippen LogP contribution in [-0.2, 0) is 0 Å². The van der Waals surface area contributed by atoms with Crippen LogP contribution in [0.25, 0.3) is 5.69 Å². The third kappa shape index (κ3) is 3.18. The first kappa shape index (κ1) is 14.3. The Morgan fingerprint density at radius 1 is 1.09 bits per heavy atom.